The zero-order valence-electron chi connectivity index (χ0n) is 10.1. The summed E-state index contributed by atoms with van der Waals surface area (Å²) >= 11 is 0. The molecule has 0 bridgehead atoms. The van der Waals surface area contributed by atoms with Crippen molar-refractivity contribution in [1.29, 1.82) is 0 Å². The van der Waals surface area contributed by atoms with E-state index in [1.165, 1.54) is 0 Å². The normalized spacial score (nSPS) is 19.7. The van der Waals surface area contributed by atoms with Gasteiger partial charge in [0.2, 0.25) is 0 Å². The minimum atomic E-state index is -0.287. The van der Waals surface area contributed by atoms with Gasteiger partial charge >= 0.3 is 0 Å². The maximum atomic E-state index is 9.61. The molecule has 18 heavy (non-hydrogen) atoms. The zero-order valence-corrected chi connectivity index (χ0v) is 10.1. The lowest BCUT2D eigenvalue weighted by Crippen LogP contribution is -2.23. The van der Waals surface area contributed by atoms with Crippen LogP contribution in [-0.2, 0) is 6.61 Å². The van der Waals surface area contributed by atoms with Crippen molar-refractivity contribution >= 4 is 16.7 Å². The first-order valence-corrected chi connectivity index (χ1v) is 6.20. The van der Waals surface area contributed by atoms with Gasteiger partial charge in [-0.15, -0.1) is 0 Å². The first kappa shape index (κ1) is 11.4. The van der Waals surface area contributed by atoms with E-state index >= 15 is 0 Å². The summed E-state index contributed by atoms with van der Waals surface area (Å²) in [5.41, 5.74) is 1.74. The summed E-state index contributed by atoms with van der Waals surface area (Å²) in [6, 6.07) is 9.85. The molecule has 0 amide bonds. The zero-order chi connectivity index (χ0) is 12.5. The van der Waals surface area contributed by atoms with Gasteiger partial charge < -0.3 is 15.1 Å². The number of para-hydroxylation sites is 1. The summed E-state index contributed by atoms with van der Waals surface area (Å²) < 4.78 is 0. The van der Waals surface area contributed by atoms with Gasteiger partial charge in [-0.1, -0.05) is 18.2 Å². The molecule has 2 heterocycles. The Morgan fingerprint density at radius 1 is 1.33 bits per heavy atom. The molecule has 1 aromatic heterocycles. The minimum Gasteiger partial charge on any atom is -0.392 e. The van der Waals surface area contributed by atoms with E-state index in [4.69, 9.17) is 0 Å². The smallest absolute Gasteiger partial charge is 0.134 e. The number of nitrogens with zero attached hydrogens (tertiary/aromatic N) is 2. The van der Waals surface area contributed by atoms with Gasteiger partial charge in [-0.05, 0) is 18.6 Å². The van der Waals surface area contributed by atoms with Crippen molar-refractivity contribution in [2.45, 2.75) is 19.1 Å². The SMILES string of the molecule is OCc1cc2ccccc2nc1N1CCC(O)C1. The Hall–Kier alpha value is -1.65. The number of hydrogen-bond donors (Lipinski definition) is 2. The summed E-state index contributed by atoms with van der Waals surface area (Å²) in [5, 5.41) is 20.1. The van der Waals surface area contributed by atoms with Crippen LogP contribution in [-0.4, -0.2) is 34.4 Å². The summed E-state index contributed by atoms with van der Waals surface area (Å²) in [6.07, 6.45) is 0.476. The highest BCUT2D eigenvalue weighted by Crippen LogP contribution is 2.26. The van der Waals surface area contributed by atoms with Gasteiger partial charge in [-0.3, -0.25) is 0 Å². The van der Waals surface area contributed by atoms with Gasteiger partial charge in [0.15, 0.2) is 0 Å². The molecule has 1 aliphatic rings. The Morgan fingerprint density at radius 2 is 2.17 bits per heavy atom. The van der Waals surface area contributed by atoms with Crippen LogP contribution in [0, 0.1) is 0 Å². The van der Waals surface area contributed by atoms with Gasteiger partial charge in [0, 0.05) is 24.0 Å². The highest BCUT2D eigenvalue weighted by Gasteiger charge is 2.23. The third kappa shape index (κ3) is 1.94. The Morgan fingerprint density at radius 3 is 2.89 bits per heavy atom. The van der Waals surface area contributed by atoms with Crippen molar-refractivity contribution in [3.05, 3.63) is 35.9 Å². The predicted octanol–water partition coefficient (Wildman–Crippen LogP) is 1.30. The molecule has 0 saturated carbocycles. The fraction of sp³-hybridized carbons (Fsp3) is 0.357. The van der Waals surface area contributed by atoms with Gasteiger partial charge in [0.1, 0.15) is 5.82 Å². The maximum absolute atomic E-state index is 9.61. The summed E-state index contributed by atoms with van der Waals surface area (Å²) in [7, 11) is 0. The van der Waals surface area contributed by atoms with Gasteiger partial charge in [0.05, 0.1) is 18.2 Å². The second kappa shape index (κ2) is 4.55. The second-order valence-corrected chi connectivity index (χ2v) is 4.71. The number of hydrogen-bond acceptors (Lipinski definition) is 4. The molecule has 0 aliphatic carbocycles. The molecule has 1 unspecified atom stereocenters. The average molecular weight is 244 g/mol. The van der Waals surface area contributed by atoms with Crippen LogP contribution in [0.1, 0.15) is 12.0 Å². The number of pyridine rings is 1. The first-order valence-electron chi connectivity index (χ1n) is 6.20. The lowest BCUT2D eigenvalue weighted by molar-refractivity contribution is 0.198. The molecule has 94 valence electrons. The average Bonchev–Trinajstić information content (AvgIpc) is 2.83. The Bertz CT molecular complexity index is 571. The number of aliphatic hydroxyl groups is 2. The number of aromatic nitrogens is 1. The van der Waals surface area contributed by atoms with Crippen LogP contribution in [0.3, 0.4) is 0 Å². The van der Waals surface area contributed by atoms with Crippen molar-refractivity contribution in [2.24, 2.45) is 0 Å². The monoisotopic (exact) mass is 244 g/mol. The minimum absolute atomic E-state index is 0.0280. The number of β-amino-alcohol motifs (C(OH)–C–C–N with tert-alkyl or cyclic N) is 1. The van der Waals surface area contributed by atoms with E-state index in [9.17, 15) is 10.2 Å². The quantitative estimate of drug-likeness (QED) is 0.836. The first-order chi connectivity index (χ1) is 8.78. The number of aliphatic hydroxyl groups excluding tert-OH is 2. The lowest BCUT2D eigenvalue weighted by atomic mass is 10.1. The van der Waals surface area contributed by atoms with Crippen LogP contribution in [0.25, 0.3) is 10.9 Å². The highest BCUT2D eigenvalue weighted by molar-refractivity contribution is 5.81. The van der Waals surface area contributed by atoms with Gasteiger partial charge in [0.25, 0.3) is 0 Å². The van der Waals surface area contributed by atoms with Crippen LogP contribution in [0.4, 0.5) is 5.82 Å². The molecule has 1 saturated heterocycles. The fourth-order valence-corrected chi connectivity index (χ4v) is 2.47. The molecular formula is C14H16N2O2. The molecule has 4 nitrogen and oxygen atoms in total. The van der Waals surface area contributed by atoms with Crippen LogP contribution < -0.4 is 4.90 Å². The van der Waals surface area contributed by atoms with Crippen molar-refractivity contribution in [3.8, 4) is 0 Å². The lowest BCUT2D eigenvalue weighted by Gasteiger charge is -2.20. The second-order valence-electron chi connectivity index (χ2n) is 4.71. The molecule has 1 aliphatic heterocycles. The highest BCUT2D eigenvalue weighted by atomic mass is 16.3. The van der Waals surface area contributed by atoms with E-state index in [0.717, 1.165) is 35.2 Å². The van der Waals surface area contributed by atoms with Crippen LogP contribution in [0.2, 0.25) is 0 Å². The van der Waals surface area contributed by atoms with Gasteiger partial charge in [-0.2, -0.15) is 0 Å². The van der Waals surface area contributed by atoms with Gasteiger partial charge in [-0.25, -0.2) is 4.98 Å². The van der Waals surface area contributed by atoms with E-state index in [1.54, 1.807) is 0 Å². The summed E-state index contributed by atoms with van der Waals surface area (Å²) in [4.78, 5) is 6.66. The standard InChI is InChI=1S/C14H16N2O2/c17-9-11-7-10-3-1-2-4-13(10)15-14(11)16-6-5-12(18)8-16/h1-4,7,12,17-18H,5-6,8-9H2. The van der Waals surface area contributed by atoms with E-state index in [2.05, 4.69) is 4.98 Å². The number of anilines is 1. The number of benzene rings is 1. The topological polar surface area (TPSA) is 56.6 Å². The van der Waals surface area contributed by atoms with Crippen molar-refractivity contribution < 1.29 is 10.2 Å². The summed E-state index contributed by atoms with van der Waals surface area (Å²) in [5.74, 6) is 0.799. The van der Waals surface area contributed by atoms with Crippen LogP contribution >= 0.6 is 0 Å². The third-order valence-corrected chi connectivity index (χ3v) is 3.41. The maximum Gasteiger partial charge on any atom is 0.134 e. The molecular weight excluding hydrogens is 228 g/mol. The largest absolute Gasteiger partial charge is 0.392 e. The Kier molecular flexibility index (Phi) is 2.89. The number of fused-ring (bicyclic) bond motifs is 1. The molecule has 0 spiro atoms. The van der Waals surface area contributed by atoms with Crippen LogP contribution in [0.15, 0.2) is 30.3 Å². The van der Waals surface area contributed by atoms with E-state index < -0.39 is 0 Å². The molecule has 3 rings (SSSR count). The van der Waals surface area contributed by atoms with Crippen molar-refractivity contribution in [3.63, 3.8) is 0 Å². The Balaban J connectivity index is 2.09. The molecule has 2 N–H and O–H groups in total. The predicted molar refractivity (Wildman–Crippen MR) is 70.5 cm³/mol. The van der Waals surface area contributed by atoms with E-state index in [1.807, 2.05) is 35.2 Å². The van der Waals surface area contributed by atoms with E-state index in [-0.39, 0.29) is 12.7 Å². The Labute approximate surface area is 105 Å². The van der Waals surface area contributed by atoms with E-state index in [0.29, 0.717) is 6.54 Å². The fourth-order valence-electron chi connectivity index (χ4n) is 2.47. The summed E-state index contributed by atoms with van der Waals surface area (Å²) in [6.45, 7) is 1.36. The molecule has 1 aromatic carbocycles. The third-order valence-electron chi connectivity index (χ3n) is 3.41. The number of rotatable bonds is 2. The molecule has 1 atom stereocenters. The molecule has 4 heteroatoms. The molecule has 0 radical (unpaired) electrons. The molecule has 1 fully saturated rings. The van der Waals surface area contributed by atoms with Crippen molar-refractivity contribution in [2.75, 3.05) is 18.0 Å². The molecule has 2 aromatic rings. The van der Waals surface area contributed by atoms with Crippen LogP contribution in [0.5, 0.6) is 0 Å². The van der Waals surface area contributed by atoms with Crippen molar-refractivity contribution in [1.82, 2.24) is 4.98 Å².